The van der Waals surface area contributed by atoms with Gasteiger partial charge in [-0.15, -0.1) is 0 Å². The van der Waals surface area contributed by atoms with Crippen LogP contribution in [0.3, 0.4) is 0 Å². The van der Waals surface area contributed by atoms with Crippen LogP contribution in [0.15, 0.2) is 36.4 Å². The zero-order valence-corrected chi connectivity index (χ0v) is 21.8. The minimum absolute atomic E-state index is 0.000223. The van der Waals surface area contributed by atoms with Crippen molar-refractivity contribution < 1.29 is 9.90 Å². The summed E-state index contributed by atoms with van der Waals surface area (Å²) in [5.41, 5.74) is 1.51. The van der Waals surface area contributed by atoms with Crippen LogP contribution in [-0.2, 0) is 4.79 Å². The predicted molar refractivity (Wildman–Crippen MR) is 144 cm³/mol. The van der Waals surface area contributed by atoms with Gasteiger partial charge in [0.05, 0.1) is 30.4 Å². The van der Waals surface area contributed by atoms with E-state index in [1.807, 2.05) is 11.9 Å². The molecule has 5 aliphatic rings. The van der Waals surface area contributed by atoms with Crippen molar-refractivity contribution in [2.75, 3.05) is 49.5 Å². The molecular weight excluding hydrogens is 468 g/mol. The summed E-state index contributed by atoms with van der Waals surface area (Å²) in [7, 11) is 0. The van der Waals surface area contributed by atoms with Gasteiger partial charge in [-0.2, -0.15) is 5.01 Å². The average molecular weight is 511 g/mol. The highest BCUT2D eigenvalue weighted by atomic mass is 16.3. The van der Waals surface area contributed by atoms with Gasteiger partial charge < -0.3 is 20.6 Å². The third kappa shape index (κ3) is 5.10. The second-order valence-corrected chi connectivity index (χ2v) is 11.3. The minimum atomic E-state index is -0.774. The maximum absolute atomic E-state index is 13.5. The molecule has 0 saturated carbocycles. The number of nitrogens with zero attached hydrogens (tertiary/aromatic N) is 3. The third-order valence-corrected chi connectivity index (χ3v) is 8.75. The van der Waals surface area contributed by atoms with Crippen LogP contribution in [0, 0.1) is 5.92 Å². The average Bonchev–Trinajstić information content (AvgIpc) is 3.19. The Kier molecular flexibility index (Phi) is 7.13. The second kappa shape index (κ2) is 10.5. The zero-order chi connectivity index (χ0) is 25.4. The molecule has 1 aromatic carbocycles. The van der Waals surface area contributed by atoms with Gasteiger partial charge in [-0.25, -0.2) is 0 Å². The van der Waals surface area contributed by atoms with E-state index >= 15 is 0 Å². The van der Waals surface area contributed by atoms with Gasteiger partial charge in [0.25, 0.3) is 0 Å². The van der Waals surface area contributed by atoms with Gasteiger partial charge in [0, 0.05) is 50.1 Å². The molecule has 6 atom stereocenters. The van der Waals surface area contributed by atoms with Gasteiger partial charge >= 0.3 is 0 Å². The number of allylic oxidation sites excluding steroid dienone is 1. The molecule has 1 aromatic rings. The fraction of sp³-hybridized carbons (Fsp3) is 0.667. The molecule has 6 unspecified atom stereocenters. The smallest absolute Gasteiger partial charge is 0.244 e. The topological polar surface area (TPSA) is 107 Å². The van der Waals surface area contributed by atoms with Crippen molar-refractivity contribution in [3.8, 4) is 0 Å². The van der Waals surface area contributed by atoms with Crippen LogP contribution in [0.25, 0.3) is 0 Å². The predicted octanol–water partition coefficient (Wildman–Crippen LogP) is 0.555. The zero-order valence-electron chi connectivity index (χ0n) is 21.8. The molecule has 0 aliphatic carbocycles. The fourth-order valence-corrected chi connectivity index (χ4v) is 6.59. The lowest BCUT2D eigenvalue weighted by Crippen LogP contribution is -2.69. The molecule has 6 rings (SSSR count). The van der Waals surface area contributed by atoms with Crippen molar-refractivity contribution >= 4 is 17.3 Å². The molecule has 5 aliphatic heterocycles. The van der Waals surface area contributed by atoms with E-state index in [1.54, 1.807) is 0 Å². The maximum Gasteiger partial charge on any atom is 0.244 e. The minimum Gasteiger partial charge on any atom is -0.389 e. The van der Waals surface area contributed by atoms with Crippen molar-refractivity contribution in [2.45, 2.75) is 69.3 Å². The summed E-state index contributed by atoms with van der Waals surface area (Å²) in [6.45, 7) is 7.22. The quantitative estimate of drug-likeness (QED) is 0.325. The number of carbonyl (C=O) groups is 1. The van der Waals surface area contributed by atoms with Crippen LogP contribution < -0.4 is 31.5 Å². The van der Waals surface area contributed by atoms with Gasteiger partial charge in [-0.05, 0) is 63.3 Å². The summed E-state index contributed by atoms with van der Waals surface area (Å²) < 4.78 is 0. The molecule has 37 heavy (non-hydrogen) atoms. The van der Waals surface area contributed by atoms with Gasteiger partial charge in [0.15, 0.2) is 0 Å². The molecule has 202 valence electrons. The largest absolute Gasteiger partial charge is 0.389 e. The number of piperazine rings is 1. The molecular formula is C27H42N8O2. The summed E-state index contributed by atoms with van der Waals surface area (Å²) in [4.78, 5) is 15.9. The van der Waals surface area contributed by atoms with Crippen molar-refractivity contribution in [1.29, 1.82) is 0 Å². The first-order valence-corrected chi connectivity index (χ1v) is 14.0. The van der Waals surface area contributed by atoms with E-state index in [-0.39, 0.29) is 36.5 Å². The Bertz CT molecular complexity index is 979. The SMILES string of the molecule is CC1(O)CCC=CCN2C(=O)C3CNC(Nc4ccc(N5CCNCC5)cc4)NC3N2C2CCCC1N2. The Balaban J connectivity index is 1.18. The maximum atomic E-state index is 13.5. The summed E-state index contributed by atoms with van der Waals surface area (Å²) >= 11 is 0. The first-order chi connectivity index (χ1) is 18.0. The van der Waals surface area contributed by atoms with E-state index in [0.29, 0.717) is 13.1 Å². The second-order valence-electron chi connectivity index (χ2n) is 11.3. The van der Waals surface area contributed by atoms with Crippen LogP contribution in [0.1, 0.15) is 39.0 Å². The number of hydrazine groups is 1. The van der Waals surface area contributed by atoms with E-state index in [4.69, 9.17) is 0 Å². The number of rotatable bonds is 3. The first kappa shape index (κ1) is 25.1. The van der Waals surface area contributed by atoms with E-state index in [9.17, 15) is 9.90 Å². The van der Waals surface area contributed by atoms with Gasteiger partial charge in [-0.3, -0.25) is 25.8 Å². The van der Waals surface area contributed by atoms with Crippen molar-refractivity contribution in [1.82, 2.24) is 31.3 Å². The highest BCUT2D eigenvalue weighted by molar-refractivity contribution is 5.82. The number of benzene rings is 1. The summed E-state index contributed by atoms with van der Waals surface area (Å²) in [6.07, 6.45) is 8.36. The fourth-order valence-electron chi connectivity index (χ4n) is 6.59. The van der Waals surface area contributed by atoms with Crippen molar-refractivity contribution in [3.05, 3.63) is 36.4 Å². The number of amides is 1. The van der Waals surface area contributed by atoms with E-state index < -0.39 is 5.60 Å². The molecule has 4 saturated heterocycles. The molecule has 0 radical (unpaired) electrons. The normalized spacial score (nSPS) is 37.0. The molecule has 10 heteroatoms. The molecule has 4 fully saturated rings. The van der Waals surface area contributed by atoms with Gasteiger partial charge in [0.1, 0.15) is 6.29 Å². The lowest BCUT2D eigenvalue weighted by molar-refractivity contribution is -0.146. The van der Waals surface area contributed by atoms with E-state index in [2.05, 4.69) is 72.9 Å². The standard InChI is InChI=1S/C27H42N8O2/c1-27(37)12-3-2-4-15-34-25(36)21-18-29-26(32-24(21)35(34)23-7-5-6-22(27)31-23)30-19-8-10-20(11-9-19)33-16-13-28-14-17-33/h2,4,8-11,21-24,26,28-32,37H,3,5-7,12-18H2,1H3. The van der Waals surface area contributed by atoms with Crippen LogP contribution in [0.2, 0.25) is 0 Å². The summed E-state index contributed by atoms with van der Waals surface area (Å²) in [5.74, 6) is -0.00410. The van der Waals surface area contributed by atoms with Crippen LogP contribution in [0.4, 0.5) is 11.4 Å². The Hall–Kier alpha value is -2.21. The van der Waals surface area contributed by atoms with Crippen LogP contribution >= 0.6 is 0 Å². The van der Waals surface area contributed by atoms with Crippen molar-refractivity contribution in [3.63, 3.8) is 0 Å². The number of carbonyl (C=O) groups excluding carboxylic acids is 1. The van der Waals surface area contributed by atoms with E-state index in [1.165, 1.54) is 5.69 Å². The number of piperidine rings is 1. The molecule has 5 heterocycles. The number of hydrogen-bond donors (Lipinski definition) is 6. The highest BCUT2D eigenvalue weighted by Crippen LogP contribution is 2.34. The number of aliphatic hydroxyl groups is 1. The Morgan fingerprint density at radius 2 is 1.89 bits per heavy atom. The molecule has 1 amide bonds. The Morgan fingerprint density at radius 3 is 2.70 bits per heavy atom. The molecule has 2 bridgehead atoms. The lowest BCUT2D eigenvalue weighted by Gasteiger charge is -2.47. The Labute approximate surface area is 219 Å². The summed E-state index contributed by atoms with van der Waals surface area (Å²) in [5, 5.41) is 33.3. The third-order valence-electron chi connectivity index (χ3n) is 8.75. The number of fused-ring (bicyclic) bond motifs is 6. The number of anilines is 2. The Morgan fingerprint density at radius 1 is 1.08 bits per heavy atom. The molecule has 10 nitrogen and oxygen atoms in total. The number of nitrogens with one attached hydrogen (secondary N) is 5. The summed E-state index contributed by atoms with van der Waals surface area (Å²) in [6, 6.07) is 8.63. The van der Waals surface area contributed by atoms with Crippen LogP contribution in [-0.4, -0.2) is 90.6 Å². The molecule has 0 aromatic heterocycles. The van der Waals surface area contributed by atoms with Gasteiger partial charge in [-0.1, -0.05) is 12.2 Å². The molecule has 6 N–H and O–H groups in total. The number of hydrogen-bond acceptors (Lipinski definition) is 9. The first-order valence-electron chi connectivity index (χ1n) is 14.0. The molecule has 0 spiro atoms. The van der Waals surface area contributed by atoms with Gasteiger partial charge in [0.2, 0.25) is 5.91 Å². The lowest BCUT2D eigenvalue weighted by atomic mass is 9.85. The van der Waals surface area contributed by atoms with E-state index in [0.717, 1.165) is 64.0 Å². The highest BCUT2D eigenvalue weighted by Gasteiger charge is 2.52. The van der Waals surface area contributed by atoms with Crippen LogP contribution in [0.5, 0.6) is 0 Å². The van der Waals surface area contributed by atoms with Crippen molar-refractivity contribution in [2.24, 2.45) is 5.92 Å². The monoisotopic (exact) mass is 510 g/mol.